The van der Waals surface area contributed by atoms with Gasteiger partial charge in [-0.25, -0.2) is 28.1 Å². The number of rotatable bonds is 6. The normalized spacial score (nSPS) is 11.7. The minimum atomic E-state index is -3.09. The second-order valence-corrected chi connectivity index (χ2v) is 7.35. The number of hydrogen-bond donors (Lipinski definition) is 2. The Hall–Kier alpha value is -3.99. The van der Waals surface area contributed by atoms with E-state index in [2.05, 4.69) is 20.3 Å². The summed E-state index contributed by atoms with van der Waals surface area (Å²) in [6.45, 7) is 0.989. The largest absolute Gasteiger partial charge is 0.382 e. The smallest absolute Gasteiger partial charge is 0.270 e. The maximum atomic E-state index is 15.0. The van der Waals surface area contributed by atoms with Crippen molar-refractivity contribution in [1.82, 2.24) is 19.4 Å². The third-order valence-corrected chi connectivity index (χ3v) is 4.96. The molecule has 4 aromatic rings. The number of nitrogen functional groups attached to an aromatic ring is 1. The molecule has 4 rings (SSSR count). The lowest BCUT2D eigenvalue weighted by atomic mass is 10.1. The Morgan fingerprint density at radius 1 is 1.21 bits per heavy atom. The van der Waals surface area contributed by atoms with Crippen LogP contribution in [0.25, 0.3) is 16.8 Å². The summed E-state index contributed by atoms with van der Waals surface area (Å²) in [5.74, 6) is -4.44. The number of anilines is 2. The number of aromatic nitrogens is 4. The lowest BCUT2D eigenvalue weighted by Crippen LogP contribution is -2.15. The zero-order chi connectivity index (χ0) is 23.8. The molecule has 0 spiro atoms. The molecule has 0 radical (unpaired) electrons. The van der Waals surface area contributed by atoms with E-state index in [9.17, 15) is 13.6 Å². The van der Waals surface area contributed by atoms with Crippen molar-refractivity contribution in [2.45, 2.75) is 19.5 Å². The van der Waals surface area contributed by atoms with Crippen LogP contribution in [-0.2, 0) is 17.3 Å². The lowest BCUT2D eigenvalue weighted by molar-refractivity contribution is 0.0174. The summed E-state index contributed by atoms with van der Waals surface area (Å²) in [5.41, 5.74) is 7.11. The van der Waals surface area contributed by atoms with Gasteiger partial charge in [0.15, 0.2) is 0 Å². The van der Waals surface area contributed by atoms with Gasteiger partial charge in [0.2, 0.25) is 0 Å². The van der Waals surface area contributed by atoms with Crippen LogP contribution in [0.3, 0.4) is 0 Å². The molecular weight excluding hydrogens is 437 g/mol. The number of amides is 1. The first-order valence-electron chi connectivity index (χ1n) is 9.74. The number of carbonyl (C=O) groups is 1. The van der Waals surface area contributed by atoms with Crippen molar-refractivity contribution in [3.05, 3.63) is 71.7 Å². The van der Waals surface area contributed by atoms with Gasteiger partial charge in [-0.1, -0.05) is 0 Å². The third-order valence-electron chi connectivity index (χ3n) is 4.96. The van der Waals surface area contributed by atoms with Crippen LogP contribution in [0.2, 0.25) is 0 Å². The number of halogens is 3. The number of ether oxygens (including phenoxy) is 1. The zero-order valence-electron chi connectivity index (χ0n) is 17.6. The van der Waals surface area contributed by atoms with Crippen LogP contribution in [0.15, 0.2) is 49.1 Å². The van der Waals surface area contributed by atoms with E-state index in [0.29, 0.717) is 11.2 Å². The average molecular weight is 456 g/mol. The Morgan fingerprint density at radius 2 is 2.00 bits per heavy atom. The highest BCUT2D eigenvalue weighted by Crippen LogP contribution is 2.30. The number of alkyl halides is 2. The average Bonchev–Trinajstić information content (AvgIpc) is 3.21. The number of benzene rings is 1. The number of nitrogens with zero attached hydrogens (tertiary/aromatic N) is 4. The molecule has 0 aliphatic rings. The van der Waals surface area contributed by atoms with E-state index < -0.39 is 17.6 Å². The van der Waals surface area contributed by atoms with Gasteiger partial charge in [0.05, 0.1) is 18.5 Å². The molecule has 0 aliphatic carbocycles. The van der Waals surface area contributed by atoms with Gasteiger partial charge in [0.1, 0.15) is 35.0 Å². The molecule has 1 amide bonds. The second-order valence-electron chi connectivity index (χ2n) is 7.35. The van der Waals surface area contributed by atoms with E-state index in [-0.39, 0.29) is 40.6 Å². The molecule has 0 aliphatic heterocycles. The Bertz CT molecular complexity index is 1350. The maximum Gasteiger partial charge on any atom is 0.270 e. The number of imidazole rings is 1. The number of methoxy groups -OCH3 is 1. The van der Waals surface area contributed by atoms with Crippen LogP contribution in [0.4, 0.5) is 24.8 Å². The fourth-order valence-electron chi connectivity index (χ4n) is 3.34. The molecule has 8 nitrogen and oxygen atoms in total. The van der Waals surface area contributed by atoms with Crippen molar-refractivity contribution in [3.8, 4) is 11.3 Å². The van der Waals surface area contributed by atoms with E-state index in [0.717, 1.165) is 31.3 Å². The molecule has 33 heavy (non-hydrogen) atoms. The Morgan fingerprint density at radius 3 is 2.70 bits per heavy atom. The molecule has 1 aromatic carbocycles. The monoisotopic (exact) mass is 456 g/mol. The molecule has 0 saturated carbocycles. The highest BCUT2D eigenvalue weighted by Gasteiger charge is 2.25. The van der Waals surface area contributed by atoms with Gasteiger partial charge in [0, 0.05) is 36.9 Å². The standard InChI is InChI=1S/C22H19F3N6O2/c1-22(24,25)13-5-6-27-17(8-13)30-21(32)12-3-4-15(16(23)7-12)18-19-20(26)28-9-14(10-33-2)31(19)11-29-18/h3-9,11H,10H2,1-2H3,(H2,26,28)(H,27,30,32). The van der Waals surface area contributed by atoms with E-state index in [1.165, 1.54) is 25.6 Å². The first-order chi connectivity index (χ1) is 15.7. The van der Waals surface area contributed by atoms with Gasteiger partial charge in [-0.15, -0.1) is 0 Å². The summed E-state index contributed by atoms with van der Waals surface area (Å²) < 4.78 is 48.8. The van der Waals surface area contributed by atoms with E-state index in [1.54, 1.807) is 10.6 Å². The maximum absolute atomic E-state index is 15.0. The number of carbonyl (C=O) groups excluding carboxylic acids is 1. The number of pyridine rings is 1. The molecule has 11 heteroatoms. The fourth-order valence-corrected chi connectivity index (χ4v) is 3.34. The van der Waals surface area contributed by atoms with Crippen molar-refractivity contribution in [1.29, 1.82) is 0 Å². The first-order valence-corrected chi connectivity index (χ1v) is 9.74. The summed E-state index contributed by atoms with van der Waals surface area (Å²) in [6, 6.07) is 6.01. The Balaban J connectivity index is 1.64. The molecule has 0 bridgehead atoms. The summed E-state index contributed by atoms with van der Waals surface area (Å²) in [4.78, 5) is 24.8. The van der Waals surface area contributed by atoms with Crippen molar-refractivity contribution < 1.29 is 22.7 Å². The molecule has 0 unspecified atom stereocenters. The van der Waals surface area contributed by atoms with Crippen molar-refractivity contribution in [2.75, 3.05) is 18.2 Å². The van der Waals surface area contributed by atoms with Crippen LogP contribution in [0.5, 0.6) is 0 Å². The van der Waals surface area contributed by atoms with Gasteiger partial charge in [-0.05, 0) is 30.3 Å². The number of nitrogens with one attached hydrogen (secondary N) is 1. The predicted molar refractivity (Wildman–Crippen MR) is 115 cm³/mol. The molecule has 170 valence electrons. The van der Waals surface area contributed by atoms with Gasteiger partial charge < -0.3 is 15.8 Å². The van der Waals surface area contributed by atoms with Crippen LogP contribution in [-0.4, -0.2) is 32.4 Å². The van der Waals surface area contributed by atoms with Crippen LogP contribution < -0.4 is 11.1 Å². The van der Waals surface area contributed by atoms with Crippen molar-refractivity contribution in [2.24, 2.45) is 0 Å². The Kier molecular flexibility index (Phi) is 5.73. The number of nitrogens with two attached hydrogens (primary N) is 1. The minimum Gasteiger partial charge on any atom is -0.382 e. The molecule has 3 N–H and O–H groups in total. The van der Waals surface area contributed by atoms with Crippen LogP contribution >= 0.6 is 0 Å². The summed E-state index contributed by atoms with van der Waals surface area (Å²) in [5, 5.41) is 2.40. The Labute approximate surface area is 186 Å². The molecule has 0 saturated heterocycles. The SMILES string of the molecule is COCc1cnc(N)c2c(-c3ccc(C(=O)Nc4cc(C(C)(F)F)ccn4)cc3F)ncn12. The van der Waals surface area contributed by atoms with E-state index in [1.807, 2.05) is 0 Å². The summed E-state index contributed by atoms with van der Waals surface area (Å²) in [6.07, 6.45) is 4.18. The molecule has 3 aromatic heterocycles. The van der Waals surface area contributed by atoms with Gasteiger partial charge in [-0.2, -0.15) is 0 Å². The topological polar surface area (TPSA) is 107 Å². The third kappa shape index (κ3) is 4.35. The first kappa shape index (κ1) is 22.2. The highest BCUT2D eigenvalue weighted by molar-refractivity contribution is 6.04. The quantitative estimate of drug-likeness (QED) is 0.454. The summed E-state index contributed by atoms with van der Waals surface area (Å²) >= 11 is 0. The van der Waals surface area contributed by atoms with Gasteiger partial charge in [0.25, 0.3) is 11.8 Å². The highest BCUT2D eigenvalue weighted by atomic mass is 19.3. The van der Waals surface area contributed by atoms with E-state index in [4.69, 9.17) is 10.5 Å². The molecule has 3 heterocycles. The molecular formula is C22H19F3N6O2. The van der Waals surface area contributed by atoms with E-state index >= 15 is 4.39 Å². The number of fused-ring (bicyclic) bond motifs is 1. The molecule has 0 fully saturated rings. The second kappa shape index (κ2) is 8.51. The van der Waals surface area contributed by atoms with Gasteiger partial charge >= 0.3 is 0 Å². The fraction of sp³-hybridized carbons (Fsp3) is 0.182. The van der Waals surface area contributed by atoms with Gasteiger partial charge in [-0.3, -0.25) is 9.20 Å². The zero-order valence-corrected chi connectivity index (χ0v) is 17.6. The lowest BCUT2D eigenvalue weighted by Gasteiger charge is -2.12. The number of hydrogen-bond acceptors (Lipinski definition) is 6. The summed E-state index contributed by atoms with van der Waals surface area (Å²) in [7, 11) is 1.53. The van der Waals surface area contributed by atoms with Crippen LogP contribution in [0.1, 0.15) is 28.5 Å². The minimum absolute atomic E-state index is 0.0265. The molecule has 0 atom stereocenters. The van der Waals surface area contributed by atoms with Crippen LogP contribution in [0, 0.1) is 5.82 Å². The van der Waals surface area contributed by atoms with Crippen molar-refractivity contribution >= 4 is 23.1 Å². The predicted octanol–water partition coefficient (Wildman–Crippen LogP) is 4.02. The van der Waals surface area contributed by atoms with Crippen molar-refractivity contribution in [3.63, 3.8) is 0 Å².